The fraction of sp³-hybridized carbons (Fsp3) is 0.375. The minimum absolute atomic E-state index is 0.119. The number of hydrogen-bond acceptors (Lipinski definition) is 4. The Morgan fingerprint density at radius 2 is 2.08 bits per heavy atom. The summed E-state index contributed by atoms with van der Waals surface area (Å²) in [5.41, 5.74) is 3.37. The van der Waals surface area contributed by atoms with E-state index in [-0.39, 0.29) is 18.2 Å². The van der Waals surface area contributed by atoms with Crippen LogP contribution in [0.25, 0.3) is 5.69 Å². The summed E-state index contributed by atoms with van der Waals surface area (Å²) in [6, 6.07) is 9.29. The second kappa shape index (κ2) is 6.37. The Morgan fingerprint density at radius 3 is 2.71 bits per heavy atom. The Kier molecular flexibility index (Phi) is 4.42. The lowest BCUT2D eigenvalue weighted by Crippen LogP contribution is -2.34. The van der Waals surface area contributed by atoms with Gasteiger partial charge in [0, 0.05) is 17.9 Å². The molecule has 2 aromatic rings. The fourth-order valence-corrected chi connectivity index (χ4v) is 4.31. The van der Waals surface area contributed by atoms with E-state index in [1.165, 1.54) is 4.31 Å². The third-order valence-corrected chi connectivity index (χ3v) is 5.81. The van der Waals surface area contributed by atoms with E-state index >= 15 is 0 Å². The van der Waals surface area contributed by atoms with Crippen LogP contribution < -0.4 is 5.32 Å². The first-order valence-corrected chi connectivity index (χ1v) is 9.37. The lowest BCUT2D eigenvalue weighted by atomic mass is 10.2. The van der Waals surface area contributed by atoms with Gasteiger partial charge < -0.3 is 5.32 Å². The zero-order chi connectivity index (χ0) is 17.3. The molecule has 0 unspecified atom stereocenters. The van der Waals surface area contributed by atoms with E-state index in [2.05, 4.69) is 10.4 Å². The van der Waals surface area contributed by atoms with E-state index in [9.17, 15) is 13.2 Å². The van der Waals surface area contributed by atoms with E-state index in [0.717, 1.165) is 17.1 Å². The normalized spacial score (nSPS) is 17.1. The molecular formula is C16H20N4O3S. The summed E-state index contributed by atoms with van der Waals surface area (Å²) < 4.78 is 26.6. The molecule has 1 aromatic carbocycles. The van der Waals surface area contributed by atoms with Gasteiger partial charge in [-0.25, -0.2) is 13.1 Å². The predicted molar refractivity (Wildman–Crippen MR) is 91.6 cm³/mol. The maximum Gasteiger partial charge on any atom is 0.239 e. The molecule has 3 rings (SSSR count). The summed E-state index contributed by atoms with van der Waals surface area (Å²) in [5, 5.41) is 7.18. The first kappa shape index (κ1) is 16.7. The van der Waals surface area contributed by atoms with Crippen LogP contribution in [0.15, 0.2) is 30.3 Å². The molecule has 1 fully saturated rings. The maximum atomic E-state index is 12.1. The molecule has 0 bridgehead atoms. The van der Waals surface area contributed by atoms with Crippen LogP contribution in [0.3, 0.4) is 0 Å². The summed E-state index contributed by atoms with van der Waals surface area (Å²) in [6.07, 6.45) is 0.572. The van der Waals surface area contributed by atoms with Gasteiger partial charge in [0.1, 0.15) is 0 Å². The largest absolute Gasteiger partial charge is 0.325 e. The molecule has 0 saturated carbocycles. The number of carbonyl (C=O) groups is 1. The van der Waals surface area contributed by atoms with Gasteiger partial charge >= 0.3 is 0 Å². The Bertz CT molecular complexity index is 873. The summed E-state index contributed by atoms with van der Waals surface area (Å²) in [7, 11) is -3.27. The molecule has 128 valence electrons. The van der Waals surface area contributed by atoms with Gasteiger partial charge in [-0.1, -0.05) is 6.07 Å². The maximum absolute atomic E-state index is 12.1. The van der Waals surface area contributed by atoms with Crippen LogP contribution in [0.4, 0.5) is 5.69 Å². The molecule has 2 heterocycles. The smallest absolute Gasteiger partial charge is 0.239 e. The van der Waals surface area contributed by atoms with Crippen molar-refractivity contribution in [1.29, 1.82) is 0 Å². The minimum Gasteiger partial charge on any atom is -0.325 e. The highest BCUT2D eigenvalue weighted by Crippen LogP contribution is 2.18. The predicted octanol–water partition coefficient (Wildman–Crippen LogP) is 1.46. The number of anilines is 1. The van der Waals surface area contributed by atoms with Crippen molar-refractivity contribution in [2.24, 2.45) is 0 Å². The first-order valence-electron chi connectivity index (χ1n) is 7.76. The van der Waals surface area contributed by atoms with Gasteiger partial charge in [0.05, 0.1) is 23.7 Å². The van der Waals surface area contributed by atoms with E-state index < -0.39 is 10.0 Å². The van der Waals surface area contributed by atoms with Crippen LogP contribution in [0, 0.1) is 13.8 Å². The average Bonchev–Trinajstić information content (AvgIpc) is 3.01. The fourth-order valence-electron chi connectivity index (χ4n) is 2.84. The molecule has 1 aromatic heterocycles. The van der Waals surface area contributed by atoms with Crippen molar-refractivity contribution in [2.75, 3.05) is 24.2 Å². The van der Waals surface area contributed by atoms with Gasteiger partial charge in [0.25, 0.3) is 0 Å². The quantitative estimate of drug-likeness (QED) is 0.907. The average molecular weight is 348 g/mol. The van der Waals surface area contributed by atoms with Gasteiger partial charge in [-0.2, -0.15) is 9.40 Å². The van der Waals surface area contributed by atoms with Gasteiger partial charge in [0.15, 0.2) is 0 Å². The van der Waals surface area contributed by atoms with Crippen LogP contribution in [0.5, 0.6) is 0 Å². The van der Waals surface area contributed by atoms with E-state index in [1.54, 1.807) is 10.7 Å². The monoisotopic (exact) mass is 348 g/mol. The van der Waals surface area contributed by atoms with Crippen molar-refractivity contribution < 1.29 is 13.2 Å². The summed E-state index contributed by atoms with van der Waals surface area (Å²) >= 11 is 0. The van der Waals surface area contributed by atoms with Crippen molar-refractivity contribution in [3.8, 4) is 5.69 Å². The molecule has 0 radical (unpaired) electrons. The highest BCUT2D eigenvalue weighted by Gasteiger charge is 2.29. The summed E-state index contributed by atoms with van der Waals surface area (Å²) in [5.74, 6) is -0.223. The number of benzene rings is 1. The van der Waals surface area contributed by atoms with Crippen molar-refractivity contribution in [2.45, 2.75) is 20.3 Å². The molecule has 1 aliphatic rings. The van der Waals surface area contributed by atoms with Crippen LogP contribution in [0.2, 0.25) is 0 Å². The third kappa shape index (κ3) is 3.49. The number of sulfonamides is 1. The highest BCUT2D eigenvalue weighted by molar-refractivity contribution is 7.89. The van der Waals surface area contributed by atoms with Crippen molar-refractivity contribution >= 4 is 21.6 Å². The molecule has 24 heavy (non-hydrogen) atoms. The number of carbonyl (C=O) groups excluding carboxylic acids is 1. The molecule has 0 aliphatic carbocycles. The van der Waals surface area contributed by atoms with E-state index in [1.807, 2.05) is 38.1 Å². The lowest BCUT2D eigenvalue weighted by molar-refractivity contribution is -0.116. The molecule has 1 aliphatic heterocycles. The molecule has 0 atom stereocenters. The number of nitrogens with zero attached hydrogens (tertiary/aromatic N) is 3. The second-order valence-electron chi connectivity index (χ2n) is 5.94. The third-order valence-electron chi connectivity index (χ3n) is 3.91. The highest BCUT2D eigenvalue weighted by atomic mass is 32.2. The zero-order valence-electron chi connectivity index (χ0n) is 13.7. The first-order chi connectivity index (χ1) is 11.3. The molecule has 1 saturated heterocycles. The summed E-state index contributed by atoms with van der Waals surface area (Å²) in [4.78, 5) is 12.1. The zero-order valence-corrected chi connectivity index (χ0v) is 14.5. The van der Waals surface area contributed by atoms with Crippen molar-refractivity contribution in [3.63, 3.8) is 0 Å². The molecule has 1 N–H and O–H groups in total. The molecule has 7 nitrogen and oxygen atoms in total. The van der Waals surface area contributed by atoms with Crippen LogP contribution >= 0.6 is 0 Å². The standard InChI is InChI=1S/C16H20N4O3S/c1-12-9-13(2)20(18-12)15-6-3-5-14(10-15)17-16(21)11-19-7-4-8-24(19,22)23/h3,5-6,9-10H,4,7-8,11H2,1-2H3,(H,17,21). The van der Waals surface area contributed by atoms with Crippen LogP contribution in [-0.4, -0.2) is 47.3 Å². The molecular weight excluding hydrogens is 328 g/mol. The Hall–Kier alpha value is -2.19. The lowest BCUT2D eigenvalue weighted by Gasteiger charge is -2.14. The van der Waals surface area contributed by atoms with Gasteiger partial charge in [-0.3, -0.25) is 4.79 Å². The summed E-state index contributed by atoms with van der Waals surface area (Å²) in [6.45, 7) is 4.14. The Balaban J connectivity index is 1.73. The second-order valence-corrected chi connectivity index (χ2v) is 8.03. The van der Waals surface area contributed by atoms with Crippen molar-refractivity contribution in [1.82, 2.24) is 14.1 Å². The van der Waals surface area contributed by atoms with Gasteiger partial charge in [-0.05, 0) is 44.5 Å². The SMILES string of the molecule is Cc1cc(C)n(-c2cccc(NC(=O)CN3CCCS3(=O)=O)c2)n1. The Morgan fingerprint density at radius 1 is 1.29 bits per heavy atom. The van der Waals surface area contributed by atoms with Gasteiger partial charge in [0.2, 0.25) is 15.9 Å². The van der Waals surface area contributed by atoms with E-state index in [4.69, 9.17) is 0 Å². The number of nitrogens with one attached hydrogen (secondary N) is 1. The number of amides is 1. The minimum atomic E-state index is -3.27. The van der Waals surface area contributed by atoms with Crippen LogP contribution in [-0.2, 0) is 14.8 Å². The molecule has 0 spiro atoms. The number of hydrogen-bond donors (Lipinski definition) is 1. The number of rotatable bonds is 4. The van der Waals surface area contributed by atoms with Gasteiger partial charge in [-0.15, -0.1) is 0 Å². The van der Waals surface area contributed by atoms with E-state index in [0.29, 0.717) is 18.7 Å². The molecule has 8 heteroatoms. The number of aromatic nitrogens is 2. The molecule has 1 amide bonds. The topological polar surface area (TPSA) is 84.3 Å². The number of aryl methyl sites for hydroxylation is 2. The van der Waals surface area contributed by atoms with Crippen LogP contribution in [0.1, 0.15) is 17.8 Å². The van der Waals surface area contributed by atoms with Crippen molar-refractivity contribution in [3.05, 3.63) is 41.7 Å². The Labute approximate surface area is 141 Å².